The van der Waals surface area contributed by atoms with Crippen molar-refractivity contribution in [3.63, 3.8) is 0 Å². The highest BCUT2D eigenvalue weighted by Crippen LogP contribution is 2.32. The summed E-state index contributed by atoms with van der Waals surface area (Å²) < 4.78 is 46.1. The zero-order chi connectivity index (χ0) is 14.4. The topological polar surface area (TPSA) is 61.5 Å². The largest absolute Gasteiger partial charge is 0.465 e. The van der Waals surface area contributed by atoms with Gasteiger partial charge in [0.1, 0.15) is 0 Å². The number of nitrogens with two attached hydrogens (primary N) is 1. The molecule has 1 rings (SSSR count). The van der Waals surface area contributed by atoms with Crippen LogP contribution in [0.1, 0.15) is 6.92 Å². The fourth-order valence-corrected chi connectivity index (χ4v) is 1.97. The molecule has 0 heterocycles. The number of carbonyl (C=O) groups is 1. The third kappa shape index (κ3) is 4.90. The maximum atomic E-state index is 13.3. The first-order chi connectivity index (χ1) is 8.93. The van der Waals surface area contributed by atoms with E-state index in [1.165, 1.54) is 0 Å². The summed E-state index contributed by atoms with van der Waals surface area (Å²) in [5, 5.41) is 0. The lowest BCUT2D eigenvalue weighted by molar-refractivity contribution is -0.139. The van der Waals surface area contributed by atoms with Gasteiger partial charge >= 0.3 is 12.6 Å². The molecule has 2 N–H and O–H groups in total. The minimum atomic E-state index is -3.14. The molecule has 19 heavy (non-hydrogen) atoms. The lowest BCUT2D eigenvalue weighted by Crippen LogP contribution is -2.07. The molecule has 0 amide bonds. The van der Waals surface area contributed by atoms with Crippen LogP contribution in [0.25, 0.3) is 0 Å². The van der Waals surface area contributed by atoms with E-state index in [4.69, 9.17) is 10.5 Å². The molecule has 0 radical (unpaired) electrons. The molecular weight excluding hydrogens is 283 g/mol. The highest BCUT2D eigenvalue weighted by Gasteiger charge is 2.14. The number of benzene rings is 1. The zero-order valence-electron chi connectivity index (χ0n) is 9.99. The van der Waals surface area contributed by atoms with Gasteiger partial charge < -0.3 is 15.2 Å². The van der Waals surface area contributed by atoms with Gasteiger partial charge in [-0.1, -0.05) is 0 Å². The average Bonchev–Trinajstić information content (AvgIpc) is 2.31. The Labute approximate surface area is 112 Å². The Bertz CT molecular complexity index is 457. The Balaban J connectivity index is 2.79. The number of halogens is 3. The molecule has 0 aliphatic rings. The van der Waals surface area contributed by atoms with Crippen LogP contribution < -0.4 is 10.5 Å². The van der Waals surface area contributed by atoms with Gasteiger partial charge in [0.2, 0.25) is 0 Å². The molecule has 0 saturated carbocycles. The summed E-state index contributed by atoms with van der Waals surface area (Å²) in [6.07, 6.45) is 0. The predicted octanol–water partition coefficient (Wildman–Crippen LogP) is 2.66. The van der Waals surface area contributed by atoms with E-state index in [1.54, 1.807) is 6.92 Å². The molecule has 1 aromatic rings. The lowest BCUT2D eigenvalue weighted by Gasteiger charge is -2.10. The Kier molecular flexibility index (Phi) is 5.81. The normalized spacial score (nSPS) is 10.6. The van der Waals surface area contributed by atoms with Crippen LogP contribution in [-0.4, -0.2) is 24.9 Å². The number of esters is 1. The van der Waals surface area contributed by atoms with Gasteiger partial charge in [-0.05, 0) is 13.0 Å². The molecule has 0 unspecified atom stereocenters. The SMILES string of the molecule is CCOC(=O)CSc1cc(OC(F)F)c(F)cc1N. The number of alkyl halides is 2. The number of nitrogen functional groups attached to an aromatic ring is 1. The van der Waals surface area contributed by atoms with Crippen molar-refractivity contribution in [3.8, 4) is 5.75 Å². The van der Waals surface area contributed by atoms with E-state index in [1.807, 2.05) is 0 Å². The van der Waals surface area contributed by atoms with Crippen LogP contribution in [0.15, 0.2) is 17.0 Å². The molecule has 0 saturated heterocycles. The Morgan fingerprint density at radius 3 is 2.74 bits per heavy atom. The summed E-state index contributed by atoms with van der Waals surface area (Å²) >= 11 is 0.954. The molecule has 8 heteroatoms. The molecular formula is C11H12F3NO3S. The van der Waals surface area contributed by atoms with Gasteiger partial charge in [-0.3, -0.25) is 4.79 Å². The second kappa shape index (κ2) is 7.13. The smallest absolute Gasteiger partial charge is 0.387 e. The zero-order valence-corrected chi connectivity index (χ0v) is 10.8. The number of rotatable bonds is 6. The molecule has 0 spiro atoms. The predicted molar refractivity (Wildman–Crippen MR) is 64.8 cm³/mol. The fraction of sp³-hybridized carbons (Fsp3) is 0.364. The van der Waals surface area contributed by atoms with Gasteiger partial charge in [0.25, 0.3) is 0 Å². The first-order valence-electron chi connectivity index (χ1n) is 5.26. The van der Waals surface area contributed by atoms with E-state index in [0.717, 1.165) is 23.9 Å². The summed E-state index contributed by atoms with van der Waals surface area (Å²) in [5.41, 5.74) is 5.56. The molecule has 0 aliphatic carbocycles. The van der Waals surface area contributed by atoms with Gasteiger partial charge in [-0.25, -0.2) is 4.39 Å². The molecule has 0 fully saturated rings. The van der Waals surface area contributed by atoms with E-state index >= 15 is 0 Å². The van der Waals surface area contributed by atoms with Crippen molar-refractivity contribution >= 4 is 23.4 Å². The van der Waals surface area contributed by atoms with Crippen molar-refractivity contribution in [3.05, 3.63) is 17.9 Å². The van der Waals surface area contributed by atoms with Crippen LogP contribution in [0.3, 0.4) is 0 Å². The van der Waals surface area contributed by atoms with Crippen LogP contribution in [0.4, 0.5) is 18.9 Å². The maximum absolute atomic E-state index is 13.3. The van der Waals surface area contributed by atoms with E-state index < -0.39 is 24.1 Å². The first kappa shape index (κ1) is 15.5. The number of thioether (sulfide) groups is 1. The van der Waals surface area contributed by atoms with Crippen LogP contribution in [0.5, 0.6) is 5.75 Å². The minimum Gasteiger partial charge on any atom is -0.465 e. The number of hydrogen-bond acceptors (Lipinski definition) is 5. The van der Waals surface area contributed by atoms with E-state index in [0.29, 0.717) is 0 Å². The van der Waals surface area contributed by atoms with Gasteiger partial charge in [-0.2, -0.15) is 8.78 Å². The second-order valence-electron chi connectivity index (χ2n) is 3.29. The number of carbonyl (C=O) groups excluding carboxylic acids is 1. The molecule has 0 atom stereocenters. The number of ether oxygens (including phenoxy) is 2. The van der Waals surface area contributed by atoms with Crippen molar-refractivity contribution in [1.29, 1.82) is 0 Å². The van der Waals surface area contributed by atoms with Crippen molar-refractivity contribution in [2.24, 2.45) is 0 Å². The molecule has 4 nitrogen and oxygen atoms in total. The summed E-state index contributed by atoms with van der Waals surface area (Å²) in [6, 6.07) is 1.89. The standard InChI is InChI=1S/C11H12F3NO3S/c1-2-17-10(16)5-19-9-4-8(18-11(13)14)6(12)3-7(9)15/h3-4,11H,2,5,15H2,1H3. The van der Waals surface area contributed by atoms with E-state index in [9.17, 15) is 18.0 Å². The van der Waals surface area contributed by atoms with Crippen LogP contribution >= 0.6 is 11.8 Å². The van der Waals surface area contributed by atoms with E-state index in [2.05, 4.69) is 4.74 Å². The third-order valence-corrected chi connectivity index (χ3v) is 2.98. The van der Waals surface area contributed by atoms with Gasteiger partial charge in [0.15, 0.2) is 11.6 Å². The van der Waals surface area contributed by atoms with E-state index in [-0.39, 0.29) is 22.9 Å². The van der Waals surface area contributed by atoms with Crippen LogP contribution in [-0.2, 0) is 9.53 Å². The number of hydrogen-bond donors (Lipinski definition) is 1. The van der Waals surface area contributed by atoms with Gasteiger partial charge in [0.05, 0.1) is 12.4 Å². The minimum absolute atomic E-state index is 0.0356. The quantitative estimate of drug-likeness (QED) is 0.496. The van der Waals surface area contributed by atoms with Crippen molar-refractivity contribution < 1.29 is 27.4 Å². The summed E-state index contributed by atoms with van der Waals surface area (Å²) in [4.78, 5) is 11.4. The Morgan fingerprint density at radius 1 is 1.47 bits per heavy atom. The molecule has 106 valence electrons. The Morgan fingerprint density at radius 2 is 2.16 bits per heavy atom. The van der Waals surface area contributed by atoms with Crippen molar-refractivity contribution in [2.45, 2.75) is 18.4 Å². The lowest BCUT2D eigenvalue weighted by atomic mass is 10.3. The molecule has 0 bridgehead atoms. The first-order valence-corrected chi connectivity index (χ1v) is 6.24. The highest BCUT2D eigenvalue weighted by molar-refractivity contribution is 8.00. The summed E-state index contributed by atoms with van der Waals surface area (Å²) in [5.74, 6) is -2.14. The summed E-state index contributed by atoms with van der Waals surface area (Å²) in [6.45, 7) is -1.25. The Hall–Kier alpha value is -1.57. The third-order valence-electron chi connectivity index (χ3n) is 1.93. The maximum Gasteiger partial charge on any atom is 0.387 e. The highest BCUT2D eigenvalue weighted by atomic mass is 32.2. The van der Waals surface area contributed by atoms with Gasteiger partial charge in [-0.15, -0.1) is 11.8 Å². The number of anilines is 1. The van der Waals surface area contributed by atoms with Crippen molar-refractivity contribution in [2.75, 3.05) is 18.1 Å². The molecule has 1 aromatic carbocycles. The van der Waals surface area contributed by atoms with Gasteiger partial charge in [0, 0.05) is 16.6 Å². The van der Waals surface area contributed by atoms with Crippen LogP contribution in [0.2, 0.25) is 0 Å². The monoisotopic (exact) mass is 295 g/mol. The second-order valence-corrected chi connectivity index (χ2v) is 4.31. The molecule has 0 aromatic heterocycles. The average molecular weight is 295 g/mol. The fourth-order valence-electron chi connectivity index (χ4n) is 1.20. The van der Waals surface area contributed by atoms with Crippen LogP contribution in [0, 0.1) is 5.82 Å². The summed E-state index contributed by atoms with van der Waals surface area (Å²) in [7, 11) is 0. The molecule has 0 aliphatic heterocycles. The van der Waals surface area contributed by atoms with Crippen molar-refractivity contribution in [1.82, 2.24) is 0 Å².